The van der Waals surface area contributed by atoms with Crippen LogP contribution in [0.25, 0.3) is 0 Å². The number of rotatable bonds is 7. The normalized spacial score (nSPS) is 19.4. The highest BCUT2D eigenvalue weighted by Gasteiger charge is 2.43. The maximum atomic E-state index is 13.6. The van der Waals surface area contributed by atoms with Gasteiger partial charge in [0.1, 0.15) is 5.92 Å². The van der Waals surface area contributed by atoms with Gasteiger partial charge in [-0.05, 0) is 43.0 Å². The van der Waals surface area contributed by atoms with E-state index in [1.165, 1.54) is 6.07 Å². The predicted octanol–water partition coefficient (Wildman–Crippen LogP) is 6.28. The molecule has 1 aliphatic carbocycles. The second-order valence-corrected chi connectivity index (χ2v) is 10.3. The van der Waals surface area contributed by atoms with E-state index in [2.05, 4.69) is 0 Å². The number of benzene rings is 2. The van der Waals surface area contributed by atoms with Crippen LogP contribution in [0.5, 0.6) is 0 Å². The van der Waals surface area contributed by atoms with Crippen LogP contribution in [0.15, 0.2) is 53.5 Å². The van der Waals surface area contributed by atoms with Crippen LogP contribution < -0.4 is 0 Å². The molecule has 2 atom stereocenters. The highest BCUT2D eigenvalue weighted by molar-refractivity contribution is 6.30. The average Bonchev–Trinajstić information content (AvgIpc) is 3.53. The topological polar surface area (TPSA) is 99.6 Å². The zero-order chi connectivity index (χ0) is 26.1. The number of aromatic nitrogens is 2. The molecular formula is C28H29ClN4O4. The number of carbonyl (C=O) groups excluding carboxylic acids is 1. The van der Waals surface area contributed by atoms with Gasteiger partial charge >= 0.3 is 5.97 Å². The third-order valence-corrected chi connectivity index (χ3v) is 7.69. The monoisotopic (exact) mass is 520 g/mol. The van der Waals surface area contributed by atoms with E-state index in [4.69, 9.17) is 26.4 Å². The van der Waals surface area contributed by atoms with E-state index in [0.717, 1.165) is 42.5 Å². The number of fused-ring (bicyclic) bond motifs is 1. The van der Waals surface area contributed by atoms with Crippen molar-refractivity contribution in [2.24, 2.45) is 18.0 Å². The number of halogens is 1. The Morgan fingerprint density at radius 2 is 1.92 bits per heavy atom. The first-order chi connectivity index (χ1) is 17.8. The van der Waals surface area contributed by atoms with Crippen molar-refractivity contribution in [3.8, 4) is 0 Å². The van der Waals surface area contributed by atoms with Crippen molar-refractivity contribution in [1.82, 2.24) is 9.78 Å². The lowest BCUT2D eigenvalue weighted by atomic mass is 9.75. The first-order valence-electron chi connectivity index (χ1n) is 12.6. The van der Waals surface area contributed by atoms with Gasteiger partial charge < -0.3 is 4.74 Å². The van der Waals surface area contributed by atoms with Crippen LogP contribution in [0.3, 0.4) is 0 Å². The summed E-state index contributed by atoms with van der Waals surface area (Å²) in [6.07, 6.45) is 4.89. The second-order valence-electron chi connectivity index (χ2n) is 9.83. The van der Waals surface area contributed by atoms with Gasteiger partial charge in [0.15, 0.2) is 5.82 Å². The molecule has 5 rings (SSSR count). The molecule has 0 bridgehead atoms. The van der Waals surface area contributed by atoms with E-state index in [1.54, 1.807) is 16.8 Å². The van der Waals surface area contributed by atoms with Crippen LogP contribution in [-0.2, 0) is 23.0 Å². The zero-order valence-electron chi connectivity index (χ0n) is 20.9. The van der Waals surface area contributed by atoms with Crippen LogP contribution >= 0.6 is 11.6 Å². The fourth-order valence-corrected chi connectivity index (χ4v) is 5.76. The van der Waals surface area contributed by atoms with E-state index in [0.29, 0.717) is 28.5 Å². The highest BCUT2D eigenvalue weighted by atomic mass is 35.5. The SMILES string of the molecule is CC1=Nc2c(c(C3CCCC3)nn2C)C(c2cccc([N+](=O)[O-])c2)C1C(=O)OCCc1ccc(Cl)cc1. The number of aryl methyl sites for hydroxylation is 1. The lowest BCUT2D eigenvalue weighted by Crippen LogP contribution is -2.34. The molecule has 0 amide bonds. The number of nitro groups is 1. The van der Waals surface area contributed by atoms with E-state index < -0.39 is 22.7 Å². The Morgan fingerprint density at radius 1 is 1.19 bits per heavy atom. The van der Waals surface area contributed by atoms with E-state index >= 15 is 0 Å². The van der Waals surface area contributed by atoms with Crippen LogP contribution in [0, 0.1) is 16.0 Å². The number of nitrogens with zero attached hydrogens (tertiary/aromatic N) is 4. The van der Waals surface area contributed by atoms with Gasteiger partial charge in [-0.3, -0.25) is 19.6 Å². The number of hydrogen-bond acceptors (Lipinski definition) is 6. The Balaban J connectivity index is 1.52. The first-order valence-corrected chi connectivity index (χ1v) is 13.0. The van der Waals surface area contributed by atoms with Crippen molar-refractivity contribution < 1.29 is 14.5 Å². The Bertz CT molecular complexity index is 1360. The Labute approximate surface area is 220 Å². The van der Waals surface area contributed by atoms with Crippen LogP contribution in [0.4, 0.5) is 11.5 Å². The largest absolute Gasteiger partial charge is 0.465 e. The fraction of sp³-hybridized carbons (Fsp3) is 0.393. The summed E-state index contributed by atoms with van der Waals surface area (Å²) in [6, 6.07) is 14.0. The van der Waals surface area contributed by atoms with Gasteiger partial charge in [-0.25, -0.2) is 4.99 Å². The Kier molecular flexibility index (Phi) is 7.11. The number of carbonyl (C=O) groups is 1. The number of non-ortho nitro benzene ring substituents is 1. The molecule has 1 saturated carbocycles. The van der Waals surface area contributed by atoms with E-state index in [9.17, 15) is 14.9 Å². The molecule has 0 radical (unpaired) electrons. The van der Waals surface area contributed by atoms with Gasteiger partial charge in [-0.15, -0.1) is 0 Å². The molecule has 37 heavy (non-hydrogen) atoms. The number of ether oxygens (including phenoxy) is 1. The minimum Gasteiger partial charge on any atom is -0.465 e. The molecule has 0 saturated heterocycles. The number of nitro benzene ring substituents is 1. The molecule has 9 heteroatoms. The van der Waals surface area contributed by atoms with E-state index in [-0.39, 0.29) is 18.2 Å². The third-order valence-electron chi connectivity index (χ3n) is 7.44. The molecule has 0 spiro atoms. The number of esters is 1. The van der Waals surface area contributed by atoms with E-state index in [1.807, 2.05) is 44.3 Å². The molecule has 2 unspecified atom stereocenters. The summed E-state index contributed by atoms with van der Waals surface area (Å²) in [6.45, 7) is 2.03. The molecule has 1 fully saturated rings. The van der Waals surface area contributed by atoms with Crippen LogP contribution in [-0.4, -0.2) is 33.0 Å². The predicted molar refractivity (Wildman–Crippen MR) is 142 cm³/mol. The summed E-state index contributed by atoms with van der Waals surface area (Å²) in [5, 5.41) is 17.1. The summed E-state index contributed by atoms with van der Waals surface area (Å²) >= 11 is 5.97. The minimum absolute atomic E-state index is 0.0135. The minimum atomic E-state index is -0.705. The molecule has 2 aromatic carbocycles. The highest BCUT2D eigenvalue weighted by Crippen LogP contribution is 2.49. The molecular weight excluding hydrogens is 492 g/mol. The number of aliphatic imine (C=N–C) groups is 1. The van der Waals surface area contributed by atoms with Gasteiger partial charge in [0, 0.05) is 53.7 Å². The summed E-state index contributed by atoms with van der Waals surface area (Å²) in [4.78, 5) is 29.6. The molecule has 2 heterocycles. The maximum Gasteiger partial charge on any atom is 0.315 e. The van der Waals surface area contributed by atoms with Crippen molar-refractivity contribution in [2.75, 3.05) is 6.61 Å². The molecule has 3 aromatic rings. The quantitative estimate of drug-likeness (QED) is 0.207. The lowest BCUT2D eigenvalue weighted by Gasteiger charge is -2.30. The molecule has 8 nitrogen and oxygen atoms in total. The summed E-state index contributed by atoms with van der Waals surface area (Å²) in [5.74, 6) is -0.574. The maximum absolute atomic E-state index is 13.6. The van der Waals surface area contributed by atoms with Crippen molar-refractivity contribution in [1.29, 1.82) is 0 Å². The fourth-order valence-electron chi connectivity index (χ4n) is 5.64. The molecule has 1 aliphatic heterocycles. The van der Waals surface area contributed by atoms with Gasteiger partial charge in [0.25, 0.3) is 5.69 Å². The Morgan fingerprint density at radius 3 is 2.62 bits per heavy atom. The van der Waals surface area contributed by atoms with Crippen molar-refractivity contribution in [2.45, 2.75) is 50.9 Å². The number of hydrogen-bond donors (Lipinski definition) is 0. The molecule has 0 N–H and O–H groups in total. The van der Waals surface area contributed by atoms with Crippen LogP contribution in [0.1, 0.15) is 66.8 Å². The average molecular weight is 521 g/mol. The summed E-state index contributed by atoms with van der Waals surface area (Å²) in [7, 11) is 1.86. The van der Waals surface area contributed by atoms with Crippen molar-refractivity contribution >= 4 is 34.8 Å². The van der Waals surface area contributed by atoms with Crippen molar-refractivity contribution in [3.05, 3.63) is 86.1 Å². The zero-order valence-corrected chi connectivity index (χ0v) is 21.6. The van der Waals surface area contributed by atoms with Gasteiger partial charge in [-0.1, -0.05) is 48.7 Å². The standard InChI is InChI=1S/C28H29ClN4O4/c1-17-23(28(34)37-15-14-18-10-12-21(29)13-11-18)24(20-8-5-9-22(16-20)33(35)36)25-26(19-6-3-4-7-19)31-32(2)27(25)30-17/h5,8-13,16,19,23-24H,3-4,6-7,14-15H2,1-2H3. The first kappa shape index (κ1) is 25.1. The Hall–Kier alpha value is -3.52. The van der Waals surface area contributed by atoms with Gasteiger partial charge in [-0.2, -0.15) is 5.10 Å². The van der Waals surface area contributed by atoms with Gasteiger partial charge in [0.2, 0.25) is 0 Å². The lowest BCUT2D eigenvalue weighted by molar-refractivity contribution is -0.384. The third kappa shape index (κ3) is 5.03. The summed E-state index contributed by atoms with van der Waals surface area (Å²) in [5.41, 5.74) is 4.14. The molecule has 192 valence electrons. The second kappa shape index (κ2) is 10.5. The molecule has 1 aromatic heterocycles. The molecule has 2 aliphatic rings. The van der Waals surface area contributed by atoms with Crippen LogP contribution in [0.2, 0.25) is 5.02 Å². The van der Waals surface area contributed by atoms with Gasteiger partial charge in [0.05, 0.1) is 17.2 Å². The summed E-state index contributed by atoms with van der Waals surface area (Å²) < 4.78 is 7.57. The van der Waals surface area contributed by atoms with Crippen molar-refractivity contribution in [3.63, 3.8) is 0 Å². The smallest absolute Gasteiger partial charge is 0.315 e.